The van der Waals surface area contributed by atoms with E-state index in [4.69, 9.17) is 0 Å². The summed E-state index contributed by atoms with van der Waals surface area (Å²) in [4.78, 5) is 30.6. The monoisotopic (exact) mass is 310 g/mol. The summed E-state index contributed by atoms with van der Waals surface area (Å²) in [5.41, 5.74) is 1.19. The van der Waals surface area contributed by atoms with Crippen LogP contribution in [-0.4, -0.2) is 21.7 Å². The van der Waals surface area contributed by atoms with Crippen LogP contribution in [0.2, 0.25) is 0 Å². The maximum Gasteiger partial charge on any atom is 0.233 e. The zero-order chi connectivity index (χ0) is 16.0. The number of halogens is 1. The Bertz CT molecular complexity index is 820. The molecule has 2 amide bonds. The van der Waals surface area contributed by atoms with E-state index in [1.54, 1.807) is 18.3 Å². The van der Waals surface area contributed by atoms with E-state index in [0.29, 0.717) is 29.3 Å². The molecule has 2 atom stereocenters. The third-order valence-corrected chi connectivity index (χ3v) is 4.68. The molecule has 0 radical (unpaired) electrons. The standard InChI is InChI=1S/C18H15FN2O2/c19-13-8-11-4-3-7-20-16(11)12(9-13)10-21-17(22)14-5-1-2-6-15(14)18(21)23/h1-4,7-9,14-15H,5-6,10H2/t14-,15+. The first-order valence-corrected chi connectivity index (χ1v) is 7.68. The highest BCUT2D eigenvalue weighted by molar-refractivity contribution is 6.05. The van der Waals surface area contributed by atoms with Crippen LogP contribution in [0.4, 0.5) is 4.39 Å². The van der Waals surface area contributed by atoms with Crippen LogP contribution >= 0.6 is 0 Å². The molecule has 1 aromatic carbocycles. The van der Waals surface area contributed by atoms with Crippen molar-refractivity contribution in [1.82, 2.24) is 9.88 Å². The number of imide groups is 1. The molecule has 1 aromatic heterocycles. The van der Waals surface area contributed by atoms with Gasteiger partial charge in [0.25, 0.3) is 0 Å². The lowest BCUT2D eigenvalue weighted by atomic mass is 9.85. The van der Waals surface area contributed by atoms with Crippen molar-refractivity contribution in [2.24, 2.45) is 11.8 Å². The first kappa shape index (κ1) is 14.1. The summed E-state index contributed by atoms with van der Waals surface area (Å²) in [6.07, 6.45) is 6.74. The van der Waals surface area contributed by atoms with Crippen LogP contribution in [0.3, 0.4) is 0 Å². The van der Waals surface area contributed by atoms with Gasteiger partial charge in [-0.25, -0.2) is 4.39 Å². The minimum absolute atomic E-state index is 0.0793. The van der Waals surface area contributed by atoms with E-state index in [1.165, 1.54) is 17.0 Å². The van der Waals surface area contributed by atoms with E-state index >= 15 is 0 Å². The topological polar surface area (TPSA) is 50.3 Å². The number of hydrogen-bond acceptors (Lipinski definition) is 3. The largest absolute Gasteiger partial charge is 0.278 e. The zero-order valence-corrected chi connectivity index (χ0v) is 12.4. The van der Waals surface area contributed by atoms with Crippen LogP contribution in [0, 0.1) is 17.7 Å². The molecule has 116 valence electrons. The van der Waals surface area contributed by atoms with Gasteiger partial charge in [-0.2, -0.15) is 0 Å². The molecule has 1 saturated heterocycles. The van der Waals surface area contributed by atoms with Gasteiger partial charge >= 0.3 is 0 Å². The summed E-state index contributed by atoms with van der Waals surface area (Å²) in [5.74, 6) is -1.23. The molecule has 2 aromatic rings. The van der Waals surface area contributed by atoms with Gasteiger partial charge in [0.1, 0.15) is 5.82 Å². The van der Waals surface area contributed by atoms with Gasteiger partial charge in [0.2, 0.25) is 11.8 Å². The van der Waals surface area contributed by atoms with Crippen LogP contribution in [0.1, 0.15) is 18.4 Å². The second-order valence-electron chi connectivity index (χ2n) is 6.06. The lowest BCUT2D eigenvalue weighted by molar-refractivity contribution is -0.140. The number of carbonyl (C=O) groups excluding carboxylic acids is 2. The van der Waals surface area contributed by atoms with Gasteiger partial charge in [0.15, 0.2) is 0 Å². The smallest absolute Gasteiger partial charge is 0.233 e. The summed E-state index contributed by atoms with van der Waals surface area (Å²) in [5, 5.41) is 0.667. The highest BCUT2D eigenvalue weighted by Crippen LogP contribution is 2.36. The molecule has 1 aliphatic heterocycles. The summed E-state index contributed by atoms with van der Waals surface area (Å²) in [7, 11) is 0. The first-order valence-electron chi connectivity index (χ1n) is 7.68. The third-order valence-electron chi connectivity index (χ3n) is 4.68. The molecule has 0 unspecified atom stereocenters. The maximum atomic E-state index is 13.8. The third kappa shape index (κ3) is 2.23. The fourth-order valence-electron chi connectivity index (χ4n) is 3.54. The van der Waals surface area contributed by atoms with Crippen molar-refractivity contribution in [1.29, 1.82) is 0 Å². The van der Waals surface area contributed by atoms with Crippen molar-refractivity contribution in [3.8, 4) is 0 Å². The Labute approximate surface area is 132 Å². The summed E-state index contributed by atoms with van der Waals surface area (Å²) >= 11 is 0. The number of fused-ring (bicyclic) bond motifs is 2. The van der Waals surface area contributed by atoms with E-state index < -0.39 is 5.82 Å². The van der Waals surface area contributed by atoms with Gasteiger partial charge < -0.3 is 0 Å². The van der Waals surface area contributed by atoms with Crippen LogP contribution in [-0.2, 0) is 16.1 Å². The SMILES string of the molecule is O=C1[C@H]2CC=CC[C@H]2C(=O)N1Cc1cc(F)cc2cccnc12. The van der Waals surface area contributed by atoms with Crippen molar-refractivity contribution < 1.29 is 14.0 Å². The Kier molecular flexibility index (Phi) is 3.22. The molecular formula is C18H15FN2O2. The second kappa shape index (κ2) is 5.26. The van der Waals surface area contributed by atoms with Gasteiger partial charge in [-0.3, -0.25) is 19.5 Å². The zero-order valence-electron chi connectivity index (χ0n) is 12.4. The van der Waals surface area contributed by atoms with Crippen LogP contribution in [0.25, 0.3) is 10.9 Å². The highest BCUT2D eigenvalue weighted by atomic mass is 19.1. The number of amides is 2. The predicted molar refractivity (Wildman–Crippen MR) is 82.6 cm³/mol. The minimum Gasteiger partial charge on any atom is -0.278 e. The number of allylic oxidation sites excluding steroid dienone is 2. The van der Waals surface area contributed by atoms with Crippen molar-refractivity contribution >= 4 is 22.7 Å². The molecule has 4 rings (SSSR count). The molecule has 1 aliphatic carbocycles. The molecule has 0 saturated carbocycles. The van der Waals surface area contributed by atoms with E-state index in [9.17, 15) is 14.0 Å². The molecule has 0 bridgehead atoms. The highest BCUT2D eigenvalue weighted by Gasteiger charge is 2.47. The Hall–Kier alpha value is -2.56. The maximum absolute atomic E-state index is 13.8. The fourth-order valence-corrected chi connectivity index (χ4v) is 3.54. The Balaban J connectivity index is 1.71. The van der Waals surface area contributed by atoms with Crippen molar-refractivity contribution in [2.75, 3.05) is 0 Å². The second-order valence-corrected chi connectivity index (χ2v) is 6.06. The van der Waals surface area contributed by atoms with Gasteiger partial charge in [0, 0.05) is 17.1 Å². The lowest BCUT2D eigenvalue weighted by Crippen LogP contribution is -2.30. The number of nitrogens with zero attached hydrogens (tertiary/aromatic N) is 2. The van der Waals surface area contributed by atoms with Crippen LogP contribution in [0.5, 0.6) is 0 Å². The number of aromatic nitrogens is 1. The quantitative estimate of drug-likeness (QED) is 0.633. The molecular weight excluding hydrogens is 295 g/mol. The summed E-state index contributed by atoms with van der Waals surface area (Å²) in [6.45, 7) is 0.0793. The predicted octanol–water partition coefficient (Wildman–Crippen LogP) is 2.83. The number of likely N-dealkylation sites (tertiary alicyclic amines) is 1. The Morgan fingerprint density at radius 3 is 2.52 bits per heavy atom. The molecule has 0 spiro atoms. The van der Waals surface area contributed by atoms with Crippen LogP contribution in [0.15, 0.2) is 42.6 Å². The number of benzene rings is 1. The fraction of sp³-hybridized carbons (Fsp3) is 0.278. The molecule has 23 heavy (non-hydrogen) atoms. The van der Waals surface area contributed by atoms with Gasteiger partial charge in [-0.15, -0.1) is 0 Å². The number of rotatable bonds is 2. The van der Waals surface area contributed by atoms with Crippen LogP contribution < -0.4 is 0 Å². The normalized spacial score (nSPS) is 23.6. The molecule has 1 fully saturated rings. The van der Waals surface area contributed by atoms with E-state index in [2.05, 4.69) is 4.98 Å². The van der Waals surface area contributed by atoms with E-state index in [0.717, 1.165) is 0 Å². The van der Waals surface area contributed by atoms with Gasteiger partial charge in [-0.1, -0.05) is 18.2 Å². The number of hydrogen-bond donors (Lipinski definition) is 0. The summed E-state index contributed by atoms with van der Waals surface area (Å²) < 4.78 is 13.8. The Morgan fingerprint density at radius 1 is 1.13 bits per heavy atom. The molecule has 5 heteroatoms. The average molecular weight is 310 g/mol. The van der Waals surface area contributed by atoms with Crippen molar-refractivity contribution in [3.05, 3.63) is 54.0 Å². The van der Waals surface area contributed by atoms with E-state index in [-0.39, 0.29) is 30.2 Å². The first-order chi connectivity index (χ1) is 11.1. The van der Waals surface area contributed by atoms with Gasteiger partial charge in [-0.05, 0) is 31.0 Å². The molecule has 2 heterocycles. The van der Waals surface area contributed by atoms with E-state index in [1.807, 2.05) is 12.2 Å². The average Bonchev–Trinajstić information content (AvgIpc) is 2.80. The molecule has 2 aliphatic rings. The summed E-state index contributed by atoms with van der Waals surface area (Å²) in [6, 6.07) is 6.27. The lowest BCUT2D eigenvalue weighted by Gasteiger charge is -2.16. The number of carbonyl (C=O) groups is 2. The Morgan fingerprint density at radius 2 is 1.83 bits per heavy atom. The van der Waals surface area contributed by atoms with Crippen molar-refractivity contribution in [2.45, 2.75) is 19.4 Å². The minimum atomic E-state index is -0.390. The number of pyridine rings is 1. The molecule has 0 N–H and O–H groups in total. The molecule has 4 nitrogen and oxygen atoms in total. The van der Waals surface area contributed by atoms with Crippen molar-refractivity contribution in [3.63, 3.8) is 0 Å². The van der Waals surface area contributed by atoms with Gasteiger partial charge in [0.05, 0.1) is 23.9 Å².